The van der Waals surface area contributed by atoms with Gasteiger partial charge < -0.3 is 9.47 Å². The van der Waals surface area contributed by atoms with Gasteiger partial charge in [0.15, 0.2) is 17.7 Å². The summed E-state index contributed by atoms with van der Waals surface area (Å²) in [6.07, 6.45) is -0.935. The first-order valence-corrected chi connectivity index (χ1v) is 4.24. The molecule has 0 aliphatic carbocycles. The van der Waals surface area contributed by atoms with Gasteiger partial charge >= 0.3 is 5.97 Å². The molecule has 0 unspecified atom stereocenters. The van der Waals surface area contributed by atoms with Crippen LogP contribution < -0.4 is 4.74 Å². The summed E-state index contributed by atoms with van der Waals surface area (Å²) in [4.78, 5) is 11.0. The van der Waals surface area contributed by atoms with E-state index in [4.69, 9.17) is 4.74 Å². The van der Waals surface area contributed by atoms with Crippen LogP contribution in [0.4, 0.5) is 8.78 Å². The lowest BCUT2D eigenvalue weighted by Gasteiger charge is -2.12. The summed E-state index contributed by atoms with van der Waals surface area (Å²) in [6.45, 7) is 1.41. The molecule has 0 aliphatic rings. The maximum atomic E-state index is 13.1. The molecule has 15 heavy (non-hydrogen) atoms. The number of carbonyl (C=O) groups excluding carboxylic acids is 1. The number of hydrogen-bond donors (Lipinski definition) is 0. The first kappa shape index (κ1) is 11.4. The van der Waals surface area contributed by atoms with Crippen molar-refractivity contribution in [3.8, 4) is 5.75 Å². The molecule has 5 heteroatoms. The number of ether oxygens (including phenoxy) is 2. The summed E-state index contributed by atoms with van der Waals surface area (Å²) in [6, 6.07) is 2.84. The second-order valence-electron chi connectivity index (χ2n) is 2.86. The molecule has 0 aliphatic heterocycles. The Morgan fingerprint density at radius 2 is 2.07 bits per heavy atom. The normalized spacial score (nSPS) is 12.0. The van der Waals surface area contributed by atoms with Crippen LogP contribution in [0, 0.1) is 11.6 Å². The Bertz CT molecular complexity index is 366. The van der Waals surface area contributed by atoms with Crippen LogP contribution in [0.3, 0.4) is 0 Å². The van der Waals surface area contributed by atoms with Gasteiger partial charge in [-0.15, -0.1) is 0 Å². The van der Waals surface area contributed by atoms with Crippen molar-refractivity contribution in [3.05, 3.63) is 29.8 Å². The van der Waals surface area contributed by atoms with Gasteiger partial charge in [0.1, 0.15) is 5.82 Å². The number of benzene rings is 1. The van der Waals surface area contributed by atoms with Crippen molar-refractivity contribution < 1.29 is 23.0 Å². The Balaban J connectivity index is 2.76. The first-order valence-electron chi connectivity index (χ1n) is 4.24. The number of methoxy groups -OCH3 is 1. The number of esters is 1. The SMILES string of the molecule is COC(=O)[C@H](C)Oc1ccc(F)cc1F. The van der Waals surface area contributed by atoms with Crippen molar-refractivity contribution in [3.63, 3.8) is 0 Å². The van der Waals surface area contributed by atoms with Crippen molar-refractivity contribution in [1.29, 1.82) is 0 Å². The molecule has 1 aromatic carbocycles. The predicted molar refractivity (Wildman–Crippen MR) is 48.5 cm³/mol. The molecule has 0 heterocycles. The zero-order valence-corrected chi connectivity index (χ0v) is 8.29. The molecule has 1 aromatic rings. The van der Waals surface area contributed by atoms with E-state index in [1.165, 1.54) is 14.0 Å². The van der Waals surface area contributed by atoms with Crippen LogP contribution in [-0.4, -0.2) is 19.2 Å². The van der Waals surface area contributed by atoms with Gasteiger partial charge in [-0.25, -0.2) is 13.6 Å². The molecule has 1 rings (SSSR count). The van der Waals surface area contributed by atoms with E-state index >= 15 is 0 Å². The first-order chi connectivity index (χ1) is 7.04. The standard InChI is InChI=1S/C10H10F2O3/c1-6(10(13)14-2)15-9-4-3-7(11)5-8(9)12/h3-6H,1-2H3/t6-/m0/s1. The van der Waals surface area contributed by atoms with E-state index in [0.717, 1.165) is 12.1 Å². The lowest BCUT2D eigenvalue weighted by atomic mass is 10.3. The van der Waals surface area contributed by atoms with Crippen molar-refractivity contribution in [1.82, 2.24) is 0 Å². The summed E-state index contributed by atoms with van der Waals surface area (Å²) in [5.74, 6) is -2.37. The molecule has 0 amide bonds. The molecule has 1 atom stereocenters. The molecule has 0 saturated carbocycles. The van der Waals surface area contributed by atoms with Crippen molar-refractivity contribution in [2.45, 2.75) is 13.0 Å². The van der Waals surface area contributed by atoms with Crippen LogP contribution in [0.25, 0.3) is 0 Å². The maximum Gasteiger partial charge on any atom is 0.346 e. The average molecular weight is 216 g/mol. The molecular weight excluding hydrogens is 206 g/mol. The van der Waals surface area contributed by atoms with E-state index in [-0.39, 0.29) is 5.75 Å². The average Bonchev–Trinajstić information content (AvgIpc) is 2.20. The smallest absolute Gasteiger partial charge is 0.346 e. The number of hydrogen-bond acceptors (Lipinski definition) is 3. The van der Waals surface area contributed by atoms with Crippen LogP contribution in [0.2, 0.25) is 0 Å². The van der Waals surface area contributed by atoms with E-state index in [1.54, 1.807) is 0 Å². The largest absolute Gasteiger partial charge is 0.476 e. The zero-order valence-electron chi connectivity index (χ0n) is 8.29. The third kappa shape index (κ3) is 2.90. The van der Waals surface area contributed by atoms with Gasteiger partial charge in [-0.05, 0) is 19.1 Å². The summed E-state index contributed by atoms with van der Waals surface area (Å²) < 4.78 is 34.9. The fourth-order valence-electron chi connectivity index (χ4n) is 0.975. The minimum absolute atomic E-state index is 0.186. The molecule has 0 fully saturated rings. The third-order valence-corrected chi connectivity index (χ3v) is 1.73. The minimum atomic E-state index is -0.935. The number of rotatable bonds is 3. The lowest BCUT2D eigenvalue weighted by Crippen LogP contribution is -2.25. The highest BCUT2D eigenvalue weighted by Crippen LogP contribution is 2.19. The molecule has 0 saturated heterocycles. The maximum absolute atomic E-state index is 13.1. The van der Waals surface area contributed by atoms with Crippen LogP contribution in [0.1, 0.15) is 6.92 Å². The van der Waals surface area contributed by atoms with Gasteiger partial charge in [0.05, 0.1) is 7.11 Å². The lowest BCUT2D eigenvalue weighted by molar-refractivity contribution is -0.148. The van der Waals surface area contributed by atoms with Gasteiger partial charge in [-0.2, -0.15) is 0 Å². The van der Waals surface area contributed by atoms with Gasteiger partial charge in [0, 0.05) is 6.07 Å². The Kier molecular flexibility index (Phi) is 3.60. The summed E-state index contributed by atoms with van der Waals surface area (Å²) in [7, 11) is 1.20. The highest BCUT2D eigenvalue weighted by molar-refractivity contribution is 5.74. The van der Waals surface area contributed by atoms with Crippen LogP contribution in [0.5, 0.6) is 5.75 Å². The van der Waals surface area contributed by atoms with Crippen LogP contribution >= 0.6 is 0 Å². The van der Waals surface area contributed by atoms with Gasteiger partial charge in [0.25, 0.3) is 0 Å². The van der Waals surface area contributed by atoms with Crippen molar-refractivity contribution in [2.75, 3.05) is 7.11 Å². The molecule has 0 bridgehead atoms. The highest BCUT2D eigenvalue weighted by Gasteiger charge is 2.16. The molecule has 0 aromatic heterocycles. The van der Waals surface area contributed by atoms with Gasteiger partial charge in [-0.3, -0.25) is 0 Å². The van der Waals surface area contributed by atoms with Crippen molar-refractivity contribution in [2.24, 2.45) is 0 Å². The fourth-order valence-corrected chi connectivity index (χ4v) is 0.975. The Morgan fingerprint density at radius 1 is 1.40 bits per heavy atom. The van der Waals surface area contributed by atoms with Gasteiger partial charge in [0.2, 0.25) is 0 Å². The highest BCUT2D eigenvalue weighted by atomic mass is 19.1. The molecule has 3 nitrogen and oxygen atoms in total. The molecule has 0 radical (unpaired) electrons. The Hall–Kier alpha value is -1.65. The topological polar surface area (TPSA) is 35.5 Å². The fraction of sp³-hybridized carbons (Fsp3) is 0.300. The second-order valence-corrected chi connectivity index (χ2v) is 2.86. The van der Waals surface area contributed by atoms with E-state index in [0.29, 0.717) is 6.07 Å². The van der Waals surface area contributed by atoms with E-state index in [2.05, 4.69) is 4.74 Å². The minimum Gasteiger partial charge on any atom is -0.476 e. The quantitative estimate of drug-likeness (QED) is 0.724. The van der Waals surface area contributed by atoms with Crippen molar-refractivity contribution >= 4 is 5.97 Å². The number of halogens is 2. The second kappa shape index (κ2) is 4.72. The monoisotopic (exact) mass is 216 g/mol. The molecule has 82 valence electrons. The molecule has 0 spiro atoms. The third-order valence-electron chi connectivity index (χ3n) is 1.73. The summed E-state index contributed by atoms with van der Waals surface area (Å²) >= 11 is 0. The molecular formula is C10H10F2O3. The summed E-state index contributed by atoms with van der Waals surface area (Å²) in [5.41, 5.74) is 0. The molecule has 0 N–H and O–H groups in total. The number of carbonyl (C=O) groups is 1. The predicted octanol–water partition coefficient (Wildman–Crippen LogP) is 1.91. The van der Waals surface area contributed by atoms with Gasteiger partial charge in [-0.1, -0.05) is 0 Å². The van der Waals surface area contributed by atoms with E-state index in [1.807, 2.05) is 0 Å². The van der Waals surface area contributed by atoms with Crippen LogP contribution in [-0.2, 0) is 9.53 Å². The van der Waals surface area contributed by atoms with E-state index in [9.17, 15) is 13.6 Å². The Labute approximate surface area is 85.6 Å². The van der Waals surface area contributed by atoms with E-state index < -0.39 is 23.7 Å². The van der Waals surface area contributed by atoms with Crippen LogP contribution in [0.15, 0.2) is 18.2 Å². The Morgan fingerprint density at radius 3 is 2.60 bits per heavy atom. The zero-order chi connectivity index (χ0) is 11.4. The summed E-state index contributed by atoms with van der Waals surface area (Å²) in [5, 5.41) is 0.